The van der Waals surface area contributed by atoms with Crippen molar-refractivity contribution in [3.8, 4) is 0 Å². The van der Waals surface area contributed by atoms with Gasteiger partial charge in [-0.2, -0.15) is 0 Å². The lowest BCUT2D eigenvalue weighted by Crippen LogP contribution is -2.43. The summed E-state index contributed by atoms with van der Waals surface area (Å²) in [4.78, 5) is 23.3. The second-order valence-electron chi connectivity index (χ2n) is 5.56. The van der Waals surface area contributed by atoms with Crippen molar-refractivity contribution in [3.63, 3.8) is 0 Å². The molecule has 0 aliphatic carbocycles. The first-order chi connectivity index (χ1) is 11.3. The summed E-state index contributed by atoms with van der Waals surface area (Å²) in [5.74, 6) is -3.39. The van der Waals surface area contributed by atoms with Gasteiger partial charge < -0.3 is 10.4 Å². The van der Waals surface area contributed by atoms with E-state index in [4.69, 9.17) is 0 Å². The minimum atomic E-state index is -1.18. The van der Waals surface area contributed by atoms with Crippen LogP contribution in [0.5, 0.6) is 0 Å². The monoisotopic (exact) mass is 333 g/mol. The summed E-state index contributed by atoms with van der Waals surface area (Å²) in [6.07, 6.45) is -0.238. The number of amides is 1. The highest BCUT2D eigenvalue weighted by Gasteiger charge is 2.21. The second-order valence-corrected chi connectivity index (χ2v) is 5.56. The van der Waals surface area contributed by atoms with Crippen molar-refractivity contribution in [3.05, 3.63) is 70.8 Å². The van der Waals surface area contributed by atoms with Crippen LogP contribution in [0.4, 0.5) is 8.78 Å². The predicted octanol–water partition coefficient (Wildman–Crippen LogP) is 2.63. The number of benzene rings is 2. The molecule has 6 heteroatoms. The van der Waals surface area contributed by atoms with Gasteiger partial charge in [-0.15, -0.1) is 0 Å². The fraction of sp³-hybridized carbons (Fsp3) is 0.222. The highest BCUT2D eigenvalue weighted by atomic mass is 19.1. The van der Waals surface area contributed by atoms with Gasteiger partial charge in [-0.3, -0.25) is 4.79 Å². The number of carboxylic acids is 1. The summed E-state index contributed by atoms with van der Waals surface area (Å²) in [6, 6.07) is 9.07. The van der Waals surface area contributed by atoms with Gasteiger partial charge in [0.05, 0.1) is 6.42 Å². The number of carboxylic acid groups (broad SMARTS) is 1. The molecule has 0 saturated heterocycles. The van der Waals surface area contributed by atoms with Crippen LogP contribution < -0.4 is 5.32 Å². The molecule has 2 aromatic rings. The molecule has 1 amide bonds. The SMILES string of the molecule is Cc1cccc(C[C@H](NC(=O)Cc2ccc(F)cc2F)C(=O)O)c1. The number of halogens is 2. The van der Waals surface area contributed by atoms with Gasteiger partial charge in [0.15, 0.2) is 0 Å². The third kappa shape index (κ3) is 4.87. The van der Waals surface area contributed by atoms with Crippen molar-refractivity contribution in [2.24, 2.45) is 0 Å². The molecular formula is C18H17F2NO3. The molecule has 0 fully saturated rings. The molecule has 0 aromatic heterocycles. The molecule has 2 rings (SSSR count). The molecule has 0 bridgehead atoms. The van der Waals surface area contributed by atoms with Crippen LogP contribution in [0.2, 0.25) is 0 Å². The van der Waals surface area contributed by atoms with Crippen LogP contribution in [0.1, 0.15) is 16.7 Å². The summed E-state index contributed by atoms with van der Waals surface area (Å²) >= 11 is 0. The molecular weight excluding hydrogens is 316 g/mol. The Kier molecular flexibility index (Phi) is 5.63. The summed E-state index contributed by atoms with van der Waals surface area (Å²) in [5, 5.41) is 11.6. The average Bonchev–Trinajstić information content (AvgIpc) is 2.49. The van der Waals surface area contributed by atoms with Gasteiger partial charge >= 0.3 is 5.97 Å². The van der Waals surface area contributed by atoms with Crippen LogP contribution in [0.3, 0.4) is 0 Å². The molecule has 0 aliphatic rings. The summed E-state index contributed by atoms with van der Waals surface area (Å²) in [6.45, 7) is 1.88. The van der Waals surface area contributed by atoms with Crippen LogP contribution in [0.15, 0.2) is 42.5 Å². The molecule has 1 atom stereocenters. The molecule has 126 valence electrons. The number of hydrogen-bond acceptors (Lipinski definition) is 2. The largest absolute Gasteiger partial charge is 0.480 e. The van der Waals surface area contributed by atoms with Gasteiger partial charge in [0.25, 0.3) is 0 Å². The first kappa shape index (κ1) is 17.6. The zero-order valence-electron chi connectivity index (χ0n) is 13.1. The fourth-order valence-corrected chi connectivity index (χ4v) is 2.36. The first-order valence-corrected chi connectivity index (χ1v) is 7.37. The Morgan fingerprint density at radius 1 is 1.17 bits per heavy atom. The number of carbonyl (C=O) groups is 2. The van der Waals surface area contributed by atoms with Crippen molar-refractivity contribution in [1.29, 1.82) is 0 Å². The van der Waals surface area contributed by atoms with Crippen molar-refractivity contribution < 1.29 is 23.5 Å². The van der Waals surface area contributed by atoms with E-state index < -0.39 is 29.6 Å². The van der Waals surface area contributed by atoms with E-state index in [1.165, 1.54) is 6.07 Å². The van der Waals surface area contributed by atoms with Gasteiger partial charge in [-0.1, -0.05) is 35.9 Å². The Bertz CT molecular complexity index is 762. The minimum absolute atomic E-state index is 0.00796. The molecule has 2 N–H and O–H groups in total. The van der Waals surface area contributed by atoms with Gasteiger partial charge in [0, 0.05) is 12.5 Å². The third-order valence-corrected chi connectivity index (χ3v) is 3.52. The summed E-state index contributed by atoms with van der Waals surface area (Å²) in [7, 11) is 0. The normalized spacial score (nSPS) is 11.8. The quantitative estimate of drug-likeness (QED) is 0.854. The fourth-order valence-electron chi connectivity index (χ4n) is 2.36. The minimum Gasteiger partial charge on any atom is -0.480 e. The van der Waals surface area contributed by atoms with E-state index >= 15 is 0 Å². The first-order valence-electron chi connectivity index (χ1n) is 7.37. The lowest BCUT2D eigenvalue weighted by atomic mass is 10.0. The van der Waals surface area contributed by atoms with Gasteiger partial charge in [0.1, 0.15) is 17.7 Å². The number of aliphatic carboxylic acids is 1. The topological polar surface area (TPSA) is 66.4 Å². The van der Waals surface area contributed by atoms with Crippen molar-refractivity contribution in [1.82, 2.24) is 5.32 Å². The molecule has 24 heavy (non-hydrogen) atoms. The van der Waals surface area contributed by atoms with Crippen LogP contribution in [0, 0.1) is 18.6 Å². The Morgan fingerprint density at radius 3 is 2.54 bits per heavy atom. The third-order valence-electron chi connectivity index (χ3n) is 3.52. The van der Waals surface area contributed by atoms with Gasteiger partial charge in [0.2, 0.25) is 5.91 Å². The zero-order valence-corrected chi connectivity index (χ0v) is 13.1. The number of rotatable bonds is 6. The van der Waals surface area contributed by atoms with Gasteiger partial charge in [-0.05, 0) is 24.1 Å². The number of nitrogens with one attached hydrogen (secondary N) is 1. The van der Waals surface area contributed by atoms with E-state index in [1.54, 1.807) is 12.1 Å². The van der Waals surface area contributed by atoms with E-state index in [2.05, 4.69) is 5.32 Å². The van der Waals surface area contributed by atoms with Crippen LogP contribution in [0.25, 0.3) is 0 Å². The van der Waals surface area contributed by atoms with Crippen LogP contribution in [-0.4, -0.2) is 23.0 Å². The lowest BCUT2D eigenvalue weighted by molar-refractivity contribution is -0.141. The lowest BCUT2D eigenvalue weighted by Gasteiger charge is -2.15. The van der Waals surface area contributed by atoms with E-state index in [0.717, 1.165) is 17.2 Å². The van der Waals surface area contributed by atoms with Crippen LogP contribution >= 0.6 is 0 Å². The molecule has 0 aliphatic heterocycles. The molecule has 2 aromatic carbocycles. The summed E-state index contributed by atoms with van der Waals surface area (Å²) in [5.41, 5.74) is 1.76. The predicted molar refractivity (Wildman–Crippen MR) is 84.5 cm³/mol. The standard InChI is InChI=1S/C18H17F2NO3/c1-11-3-2-4-12(7-11)8-16(18(23)24)21-17(22)9-13-5-6-14(19)10-15(13)20/h2-7,10,16H,8-9H2,1H3,(H,21,22)(H,23,24)/t16-/m0/s1. The smallest absolute Gasteiger partial charge is 0.326 e. The maximum absolute atomic E-state index is 13.6. The van der Waals surface area contributed by atoms with E-state index in [-0.39, 0.29) is 18.4 Å². The molecule has 4 nitrogen and oxygen atoms in total. The molecule has 0 radical (unpaired) electrons. The van der Waals surface area contributed by atoms with Crippen molar-refractivity contribution in [2.75, 3.05) is 0 Å². The molecule has 0 unspecified atom stereocenters. The maximum Gasteiger partial charge on any atom is 0.326 e. The summed E-state index contributed by atoms with van der Waals surface area (Å²) < 4.78 is 26.4. The molecule has 0 saturated carbocycles. The number of aryl methyl sites for hydroxylation is 1. The highest BCUT2D eigenvalue weighted by Crippen LogP contribution is 2.11. The second kappa shape index (κ2) is 7.68. The van der Waals surface area contributed by atoms with E-state index in [9.17, 15) is 23.5 Å². The Hall–Kier alpha value is -2.76. The van der Waals surface area contributed by atoms with Crippen LogP contribution in [-0.2, 0) is 22.4 Å². The maximum atomic E-state index is 13.6. The van der Waals surface area contributed by atoms with Crippen molar-refractivity contribution >= 4 is 11.9 Å². The van der Waals surface area contributed by atoms with E-state index in [1.807, 2.05) is 19.1 Å². The Labute approximate surface area is 138 Å². The van der Waals surface area contributed by atoms with Gasteiger partial charge in [-0.25, -0.2) is 13.6 Å². The van der Waals surface area contributed by atoms with Crippen molar-refractivity contribution in [2.45, 2.75) is 25.8 Å². The van der Waals surface area contributed by atoms with E-state index in [0.29, 0.717) is 6.07 Å². The highest BCUT2D eigenvalue weighted by molar-refractivity contribution is 5.85. The number of carbonyl (C=O) groups excluding carboxylic acids is 1. The molecule has 0 heterocycles. The number of hydrogen-bond donors (Lipinski definition) is 2. The zero-order chi connectivity index (χ0) is 17.7. The average molecular weight is 333 g/mol. The Morgan fingerprint density at radius 2 is 1.92 bits per heavy atom. The molecule has 0 spiro atoms. The Balaban J connectivity index is 2.04.